The molecule has 144 valence electrons. The summed E-state index contributed by atoms with van der Waals surface area (Å²) in [5, 5.41) is 4.82. The average molecular weight is 378 g/mol. The number of aromatic nitrogens is 3. The van der Waals surface area contributed by atoms with Gasteiger partial charge in [0, 0.05) is 29.8 Å². The van der Waals surface area contributed by atoms with Crippen molar-refractivity contribution in [2.75, 3.05) is 26.1 Å². The summed E-state index contributed by atoms with van der Waals surface area (Å²) in [6, 6.07) is 13.2. The highest BCUT2D eigenvalue weighted by Crippen LogP contribution is 2.31. The third-order valence-electron chi connectivity index (χ3n) is 4.71. The van der Waals surface area contributed by atoms with Gasteiger partial charge >= 0.3 is 0 Å². The number of nitrogens with zero attached hydrogens (tertiary/aromatic N) is 1. The fraction of sp³-hybridized carbons (Fsp3) is 0.238. The van der Waals surface area contributed by atoms with E-state index in [1.165, 1.54) is 0 Å². The number of ether oxygens (including phenoxy) is 2. The Balaban J connectivity index is 1.42. The van der Waals surface area contributed by atoms with Gasteiger partial charge in [-0.15, -0.1) is 0 Å². The Labute approximate surface area is 161 Å². The lowest BCUT2D eigenvalue weighted by Crippen LogP contribution is -2.14. The summed E-state index contributed by atoms with van der Waals surface area (Å²) in [4.78, 5) is 22.8. The van der Waals surface area contributed by atoms with E-state index in [1.807, 2.05) is 30.3 Å². The van der Waals surface area contributed by atoms with Gasteiger partial charge in [0.15, 0.2) is 0 Å². The number of para-hydroxylation sites is 1. The van der Waals surface area contributed by atoms with Gasteiger partial charge in [0.05, 0.1) is 30.6 Å². The van der Waals surface area contributed by atoms with Crippen molar-refractivity contribution in [1.29, 1.82) is 0 Å². The number of anilines is 1. The predicted octanol–water partition coefficient (Wildman–Crippen LogP) is 3.47. The number of fused-ring (bicyclic) bond motifs is 2. The Kier molecular flexibility index (Phi) is 4.89. The molecule has 2 heterocycles. The first-order chi connectivity index (χ1) is 13.7. The fourth-order valence-corrected chi connectivity index (χ4v) is 3.31. The van der Waals surface area contributed by atoms with Crippen molar-refractivity contribution in [2.45, 2.75) is 12.8 Å². The van der Waals surface area contributed by atoms with Crippen LogP contribution in [0.25, 0.3) is 21.8 Å². The first-order valence-electron chi connectivity index (χ1n) is 9.14. The zero-order valence-electron chi connectivity index (χ0n) is 15.8. The molecule has 0 fully saturated rings. The molecule has 0 saturated heterocycles. The summed E-state index contributed by atoms with van der Waals surface area (Å²) in [6.45, 7) is 0.692. The molecule has 0 amide bonds. The summed E-state index contributed by atoms with van der Waals surface area (Å²) >= 11 is 0. The minimum Gasteiger partial charge on any atom is -0.497 e. The van der Waals surface area contributed by atoms with Gasteiger partial charge in [-0.25, -0.2) is 4.98 Å². The third-order valence-corrected chi connectivity index (χ3v) is 4.71. The van der Waals surface area contributed by atoms with Gasteiger partial charge in [-0.05, 0) is 31.0 Å². The normalized spacial score (nSPS) is 11.1. The van der Waals surface area contributed by atoms with Gasteiger partial charge in [-0.3, -0.25) is 9.78 Å². The van der Waals surface area contributed by atoms with Crippen LogP contribution in [0.4, 0.5) is 5.95 Å². The van der Waals surface area contributed by atoms with Crippen LogP contribution < -0.4 is 20.3 Å². The van der Waals surface area contributed by atoms with Crippen molar-refractivity contribution < 1.29 is 9.47 Å². The number of rotatable bonds is 7. The van der Waals surface area contributed by atoms with Gasteiger partial charge < -0.3 is 19.8 Å². The maximum atomic E-state index is 12.1. The molecule has 0 radical (unpaired) electrons. The van der Waals surface area contributed by atoms with E-state index in [2.05, 4.69) is 26.3 Å². The van der Waals surface area contributed by atoms with Crippen LogP contribution in [0.5, 0.6) is 11.5 Å². The highest BCUT2D eigenvalue weighted by molar-refractivity contribution is 5.88. The Morgan fingerprint density at radius 3 is 2.71 bits per heavy atom. The maximum Gasteiger partial charge on any atom is 0.260 e. The smallest absolute Gasteiger partial charge is 0.260 e. The van der Waals surface area contributed by atoms with E-state index in [9.17, 15) is 4.79 Å². The van der Waals surface area contributed by atoms with Crippen LogP contribution in [0.3, 0.4) is 0 Å². The van der Waals surface area contributed by atoms with Crippen molar-refractivity contribution in [3.63, 3.8) is 0 Å². The molecule has 7 nitrogen and oxygen atoms in total. The molecule has 0 atom stereocenters. The number of nitrogens with one attached hydrogen (secondary N) is 3. The molecule has 0 bridgehead atoms. The van der Waals surface area contributed by atoms with Gasteiger partial charge in [0.25, 0.3) is 5.56 Å². The number of hydrogen-bond acceptors (Lipinski definition) is 5. The Bertz CT molecular complexity index is 1180. The molecule has 4 aromatic rings. The van der Waals surface area contributed by atoms with E-state index < -0.39 is 0 Å². The summed E-state index contributed by atoms with van der Waals surface area (Å²) < 4.78 is 10.8. The number of H-pyrrole nitrogens is 2. The van der Waals surface area contributed by atoms with Crippen LogP contribution in [0.2, 0.25) is 0 Å². The molecule has 3 N–H and O–H groups in total. The van der Waals surface area contributed by atoms with Crippen LogP contribution in [-0.2, 0) is 6.42 Å². The number of aryl methyl sites for hydroxylation is 1. The van der Waals surface area contributed by atoms with E-state index in [0.29, 0.717) is 23.4 Å². The van der Waals surface area contributed by atoms with Crippen molar-refractivity contribution in [3.05, 3.63) is 58.5 Å². The van der Waals surface area contributed by atoms with Crippen molar-refractivity contribution in [2.24, 2.45) is 0 Å². The lowest BCUT2D eigenvalue weighted by atomic mass is 10.2. The largest absolute Gasteiger partial charge is 0.497 e. The van der Waals surface area contributed by atoms with Gasteiger partial charge in [-0.1, -0.05) is 12.1 Å². The molecule has 0 aliphatic carbocycles. The Morgan fingerprint density at radius 1 is 1.04 bits per heavy atom. The molecule has 0 aliphatic heterocycles. The summed E-state index contributed by atoms with van der Waals surface area (Å²) in [7, 11) is 3.30. The zero-order valence-corrected chi connectivity index (χ0v) is 15.8. The molecule has 0 spiro atoms. The quantitative estimate of drug-likeness (QED) is 0.428. The summed E-state index contributed by atoms with van der Waals surface area (Å²) in [5.74, 6) is 2.03. The highest BCUT2D eigenvalue weighted by Gasteiger charge is 2.09. The van der Waals surface area contributed by atoms with E-state index in [0.717, 1.165) is 40.9 Å². The van der Waals surface area contributed by atoms with Crippen molar-refractivity contribution in [3.8, 4) is 11.5 Å². The Hall–Kier alpha value is -3.48. The lowest BCUT2D eigenvalue weighted by molar-refractivity contribution is 0.398. The number of hydrogen-bond donors (Lipinski definition) is 3. The minimum absolute atomic E-state index is 0.134. The second kappa shape index (κ2) is 7.64. The molecule has 2 aromatic carbocycles. The van der Waals surface area contributed by atoms with Gasteiger partial charge in [0.2, 0.25) is 5.95 Å². The SMILES string of the molecule is COc1cc(OC)c2cc(CCCNc3nc4ccccc4c(=O)[nH]3)[nH]c2c1. The van der Waals surface area contributed by atoms with E-state index >= 15 is 0 Å². The molecule has 0 saturated carbocycles. The van der Waals surface area contributed by atoms with Crippen LogP contribution in [0.15, 0.2) is 47.3 Å². The first-order valence-corrected chi connectivity index (χ1v) is 9.14. The third kappa shape index (κ3) is 3.51. The molecular weight excluding hydrogens is 356 g/mol. The number of methoxy groups -OCH3 is 2. The number of aromatic amines is 2. The molecule has 7 heteroatoms. The van der Waals surface area contributed by atoms with Gasteiger partial charge in [0.1, 0.15) is 11.5 Å². The van der Waals surface area contributed by atoms with Crippen molar-refractivity contribution in [1.82, 2.24) is 15.0 Å². The number of benzene rings is 2. The topological polar surface area (TPSA) is 92.0 Å². The monoisotopic (exact) mass is 378 g/mol. The second-order valence-corrected chi connectivity index (χ2v) is 6.55. The highest BCUT2D eigenvalue weighted by atomic mass is 16.5. The fourth-order valence-electron chi connectivity index (χ4n) is 3.31. The molecular formula is C21H22N4O3. The van der Waals surface area contributed by atoms with Crippen LogP contribution in [0.1, 0.15) is 12.1 Å². The summed E-state index contributed by atoms with van der Waals surface area (Å²) in [5.41, 5.74) is 2.65. The van der Waals surface area contributed by atoms with Crippen LogP contribution >= 0.6 is 0 Å². The van der Waals surface area contributed by atoms with Gasteiger partial charge in [-0.2, -0.15) is 0 Å². The first kappa shape index (κ1) is 17.9. The second-order valence-electron chi connectivity index (χ2n) is 6.55. The lowest BCUT2D eigenvalue weighted by Gasteiger charge is -2.06. The standard InChI is InChI=1S/C21H22N4O3/c1-27-14-11-18-16(19(12-14)28-2)10-13(23-18)6-5-9-22-21-24-17-8-4-3-7-15(17)20(26)25-21/h3-4,7-8,10-12,23H,5-6,9H2,1-2H3,(H2,22,24,25,26). The van der Waals surface area contributed by atoms with E-state index in [-0.39, 0.29) is 5.56 Å². The van der Waals surface area contributed by atoms with Crippen LogP contribution in [0, 0.1) is 0 Å². The molecule has 4 rings (SSSR count). The maximum absolute atomic E-state index is 12.1. The average Bonchev–Trinajstić information content (AvgIpc) is 3.13. The molecule has 28 heavy (non-hydrogen) atoms. The van der Waals surface area contributed by atoms with E-state index in [4.69, 9.17) is 9.47 Å². The zero-order chi connectivity index (χ0) is 19.5. The van der Waals surface area contributed by atoms with Crippen LogP contribution in [-0.4, -0.2) is 35.7 Å². The van der Waals surface area contributed by atoms with Crippen molar-refractivity contribution >= 4 is 27.8 Å². The molecule has 0 aliphatic rings. The Morgan fingerprint density at radius 2 is 1.89 bits per heavy atom. The van der Waals surface area contributed by atoms with E-state index in [1.54, 1.807) is 20.3 Å². The summed E-state index contributed by atoms with van der Waals surface area (Å²) in [6.07, 6.45) is 1.73. The molecule has 0 unspecified atom stereocenters. The minimum atomic E-state index is -0.134. The molecule has 2 aromatic heterocycles. The predicted molar refractivity (Wildman–Crippen MR) is 111 cm³/mol.